The zero-order valence-electron chi connectivity index (χ0n) is 18.1. The van der Waals surface area contributed by atoms with Gasteiger partial charge in [-0.1, -0.05) is 12.8 Å². The van der Waals surface area contributed by atoms with E-state index in [-0.39, 0.29) is 0 Å². The third-order valence-electron chi connectivity index (χ3n) is 6.65. The lowest BCUT2D eigenvalue weighted by Crippen LogP contribution is -2.42. The highest BCUT2D eigenvalue weighted by Gasteiger charge is 2.25. The number of aryl methyl sites for hydroxylation is 1. The van der Waals surface area contributed by atoms with Crippen LogP contribution in [0.25, 0.3) is 0 Å². The molecule has 0 saturated carbocycles. The average molecular weight is 404 g/mol. The van der Waals surface area contributed by atoms with Gasteiger partial charge in [-0.15, -0.1) is 0 Å². The smallest absolute Gasteiger partial charge is 0.236 e. The lowest BCUT2D eigenvalue weighted by atomic mass is 10.1. The first-order valence-corrected chi connectivity index (χ1v) is 11.6. The van der Waals surface area contributed by atoms with Gasteiger partial charge in [0, 0.05) is 56.9 Å². The molecule has 0 unspecified atom stereocenters. The number of hydrogen-bond acceptors (Lipinski definition) is 5. The van der Waals surface area contributed by atoms with Gasteiger partial charge < -0.3 is 9.64 Å². The lowest BCUT2D eigenvalue weighted by molar-refractivity contribution is -0.132. The fourth-order valence-corrected chi connectivity index (χ4v) is 4.94. The molecule has 1 aromatic heterocycles. The van der Waals surface area contributed by atoms with E-state index in [9.17, 15) is 4.79 Å². The molecule has 2 saturated heterocycles. The van der Waals surface area contributed by atoms with Crippen molar-refractivity contribution >= 4 is 5.91 Å². The molecule has 0 N–H and O–H groups in total. The van der Waals surface area contributed by atoms with Gasteiger partial charge >= 0.3 is 0 Å². The second-order valence-corrected chi connectivity index (χ2v) is 8.69. The van der Waals surface area contributed by atoms with Crippen LogP contribution in [0, 0.1) is 0 Å². The zero-order chi connectivity index (χ0) is 20.1. The summed E-state index contributed by atoms with van der Waals surface area (Å²) >= 11 is 0. The molecule has 4 rings (SSSR count). The maximum absolute atomic E-state index is 12.9. The van der Waals surface area contributed by atoms with E-state index in [1.54, 1.807) is 0 Å². The van der Waals surface area contributed by atoms with E-state index in [1.165, 1.54) is 42.6 Å². The Morgan fingerprint density at radius 1 is 0.966 bits per heavy atom. The highest BCUT2D eigenvalue weighted by atomic mass is 16.5. The van der Waals surface area contributed by atoms with Crippen molar-refractivity contribution in [1.29, 1.82) is 0 Å². The second kappa shape index (κ2) is 10.0. The quantitative estimate of drug-likeness (QED) is 0.752. The van der Waals surface area contributed by atoms with E-state index in [2.05, 4.69) is 26.3 Å². The van der Waals surface area contributed by atoms with Crippen LogP contribution in [0.4, 0.5) is 0 Å². The van der Waals surface area contributed by atoms with Crippen molar-refractivity contribution in [3.05, 3.63) is 17.0 Å². The van der Waals surface area contributed by atoms with Crippen molar-refractivity contribution in [2.45, 2.75) is 65.1 Å². The van der Waals surface area contributed by atoms with E-state index < -0.39 is 0 Å². The molecule has 1 aromatic rings. The summed E-state index contributed by atoms with van der Waals surface area (Å²) in [5, 5.41) is 4.88. The molecule has 7 heteroatoms. The Labute approximate surface area is 175 Å². The van der Waals surface area contributed by atoms with Crippen LogP contribution in [0.2, 0.25) is 0 Å². The predicted octanol–water partition coefficient (Wildman–Crippen LogP) is 1.89. The summed E-state index contributed by atoms with van der Waals surface area (Å²) in [6.45, 7) is 11.9. The van der Waals surface area contributed by atoms with Crippen LogP contribution < -0.4 is 0 Å². The number of rotatable bonds is 5. The van der Waals surface area contributed by atoms with Gasteiger partial charge in [0.2, 0.25) is 5.91 Å². The number of nitrogens with zero attached hydrogens (tertiary/aromatic N) is 5. The highest BCUT2D eigenvalue weighted by Crippen LogP contribution is 2.22. The number of aromatic nitrogens is 2. The fraction of sp³-hybridized carbons (Fsp3) is 0.818. The summed E-state index contributed by atoms with van der Waals surface area (Å²) in [6.07, 6.45) is 7.10. The number of hydrogen-bond donors (Lipinski definition) is 0. The van der Waals surface area contributed by atoms with Crippen LogP contribution in [-0.4, -0.2) is 82.8 Å². The van der Waals surface area contributed by atoms with Crippen molar-refractivity contribution in [2.75, 3.05) is 52.4 Å². The van der Waals surface area contributed by atoms with Crippen molar-refractivity contribution in [3.8, 4) is 0 Å². The van der Waals surface area contributed by atoms with Crippen molar-refractivity contribution in [2.24, 2.45) is 0 Å². The minimum atomic E-state index is 0.315. The summed E-state index contributed by atoms with van der Waals surface area (Å²) in [4.78, 5) is 19.8. The Morgan fingerprint density at radius 2 is 1.76 bits per heavy atom. The number of amides is 1. The molecule has 0 atom stereocenters. The minimum Gasteiger partial charge on any atom is -0.376 e. The molecule has 0 radical (unpaired) electrons. The fourth-order valence-electron chi connectivity index (χ4n) is 4.94. The molecule has 4 heterocycles. The van der Waals surface area contributed by atoms with Gasteiger partial charge in [0.1, 0.15) is 0 Å². The molecule has 0 aromatic carbocycles. The molecule has 1 amide bonds. The molecular weight excluding hydrogens is 366 g/mol. The van der Waals surface area contributed by atoms with Gasteiger partial charge in [0.15, 0.2) is 0 Å². The van der Waals surface area contributed by atoms with Crippen LogP contribution in [-0.2, 0) is 35.6 Å². The first-order chi connectivity index (χ1) is 14.2. The van der Waals surface area contributed by atoms with Crippen molar-refractivity contribution in [1.82, 2.24) is 24.5 Å². The highest BCUT2D eigenvalue weighted by molar-refractivity contribution is 5.78. The van der Waals surface area contributed by atoms with Gasteiger partial charge in [-0.05, 0) is 39.3 Å². The van der Waals surface area contributed by atoms with E-state index in [0.717, 1.165) is 71.8 Å². The second-order valence-electron chi connectivity index (χ2n) is 8.69. The van der Waals surface area contributed by atoms with Crippen LogP contribution in [0.5, 0.6) is 0 Å². The van der Waals surface area contributed by atoms with E-state index >= 15 is 0 Å². The maximum Gasteiger partial charge on any atom is 0.236 e. The van der Waals surface area contributed by atoms with Crippen LogP contribution in [0.15, 0.2) is 0 Å². The molecule has 0 spiro atoms. The molecule has 2 fully saturated rings. The molecule has 162 valence electrons. The Hall–Kier alpha value is -1.44. The third kappa shape index (κ3) is 5.19. The Morgan fingerprint density at radius 3 is 2.55 bits per heavy atom. The lowest BCUT2D eigenvalue weighted by Gasteiger charge is -2.26. The standard InChI is InChI=1S/C22H37N5O2/c1-2-27-21-8-15-29-18-19(21)20(23-27)16-25-11-7-12-26(14-13-25)22(28)17-24-9-5-3-4-6-10-24/h2-18H2,1H3. The molecule has 0 aliphatic carbocycles. The monoisotopic (exact) mass is 403 g/mol. The third-order valence-corrected chi connectivity index (χ3v) is 6.65. The molecule has 3 aliphatic rings. The SMILES string of the molecule is CCn1nc(CN2CCCN(C(=O)CN3CCCCCC3)CC2)c2c1CCOC2. The Kier molecular flexibility index (Phi) is 7.21. The molecule has 3 aliphatic heterocycles. The van der Waals surface area contributed by atoms with Gasteiger partial charge in [-0.2, -0.15) is 5.10 Å². The number of carbonyl (C=O) groups excluding carboxylic acids is 1. The van der Waals surface area contributed by atoms with E-state index in [4.69, 9.17) is 9.84 Å². The number of likely N-dealkylation sites (tertiary alicyclic amines) is 1. The summed E-state index contributed by atoms with van der Waals surface area (Å²) < 4.78 is 7.86. The normalized spacial score (nSPS) is 22.2. The summed E-state index contributed by atoms with van der Waals surface area (Å²) in [6, 6.07) is 0. The predicted molar refractivity (Wildman–Crippen MR) is 113 cm³/mol. The number of fused-ring (bicyclic) bond motifs is 1. The molecule has 29 heavy (non-hydrogen) atoms. The van der Waals surface area contributed by atoms with Gasteiger partial charge in [0.25, 0.3) is 0 Å². The summed E-state index contributed by atoms with van der Waals surface area (Å²) in [7, 11) is 0. The van der Waals surface area contributed by atoms with Gasteiger partial charge in [-0.3, -0.25) is 19.3 Å². The molecular formula is C22H37N5O2. The van der Waals surface area contributed by atoms with Crippen LogP contribution >= 0.6 is 0 Å². The Balaban J connectivity index is 1.32. The van der Waals surface area contributed by atoms with Crippen LogP contribution in [0.1, 0.15) is 56.0 Å². The maximum atomic E-state index is 12.9. The Bertz CT molecular complexity index is 681. The van der Waals surface area contributed by atoms with Crippen LogP contribution in [0.3, 0.4) is 0 Å². The zero-order valence-corrected chi connectivity index (χ0v) is 18.1. The van der Waals surface area contributed by atoms with Crippen molar-refractivity contribution in [3.63, 3.8) is 0 Å². The minimum absolute atomic E-state index is 0.315. The topological polar surface area (TPSA) is 53.8 Å². The van der Waals surface area contributed by atoms with Gasteiger partial charge in [-0.25, -0.2) is 0 Å². The van der Waals surface area contributed by atoms with E-state index in [1.807, 2.05) is 0 Å². The summed E-state index contributed by atoms with van der Waals surface area (Å²) in [5.41, 5.74) is 3.83. The van der Waals surface area contributed by atoms with Gasteiger partial charge in [0.05, 0.1) is 25.5 Å². The first kappa shape index (κ1) is 20.8. The summed E-state index contributed by atoms with van der Waals surface area (Å²) in [5.74, 6) is 0.315. The number of ether oxygens (including phenoxy) is 1. The van der Waals surface area contributed by atoms with Crippen molar-refractivity contribution < 1.29 is 9.53 Å². The number of carbonyl (C=O) groups is 1. The first-order valence-electron chi connectivity index (χ1n) is 11.6. The largest absolute Gasteiger partial charge is 0.376 e. The van der Waals surface area contributed by atoms with E-state index in [0.29, 0.717) is 19.1 Å². The molecule has 0 bridgehead atoms. The molecule has 7 nitrogen and oxygen atoms in total. The average Bonchev–Trinajstić information content (AvgIpc) is 2.93.